The van der Waals surface area contributed by atoms with Crippen molar-refractivity contribution in [2.75, 3.05) is 11.6 Å². The number of alkyl halides is 9. The monoisotopic (exact) mass is 802 g/mol. The predicted octanol–water partition coefficient (Wildman–Crippen LogP) is 4.77. The number of nitrogens with one attached hydrogen (secondary N) is 2. The summed E-state index contributed by atoms with van der Waals surface area (Å²) >= 11 is 0. The SMILES string of the molecule is CS(=O)(=O)c1nccn1-c1ccc(NC(=O)c2cccnc2-c2cccc(C(=N)N)c2)cc1.O=C(O)C(F)(F)F.O=C(O)C(F)(F)F.O=C(O)C(F)(F)F. The Balaban J connectivity index is 0.000000566. The number of aromatic nitrogens is 3. The number of carboxylic acid groups (broad SMARTS) is 3. The molecule has 0 saturated carbocycles. The molecule has 2 aromatic carbocycles. The van der Waals surface area contributed by atoms with E-state index >= 15 is 0 Å². The van der Waals surface area contributed by atoms with E-state index in [2.05, 4.69) is 15.3 Å². The van der Waals surface area contributed by atoms with Crippen LogP contribution >= 0.6 is 0 Å². The quantitative estimate of drug-likeness (QED) is 0.0876. The van der Waals surface area contributed by atoms with Crippen LogP contribution in [0.2, 0.25) is 0 Å². The van der Waals surface area contributed by atoms with Crippen molar-refractivity contribution in [3.8, 4) is 16.9 Å². The third-order valence-corrected chi connectivity index (χ3v) is 6.53. The van der Waals surface area contributed by atoms with E-state index < -0.39 is 46.3 Å². The Kier molecular flexibility index (Phi) is 15.4. The van der Waals surface area contributed by atoms with E-state index in [1.165, 1.54) is 10.8 Å². The van der Waals surface area contributed by atoms with Crippen LogP contribution in [-0.4, -0.2) is 92.7 Å². The lowest BCUT2D eigenvalue weighted by atomic mass is 10.0. The van der Waals surface area contributed by atoms with Crippen LogP contribution in [0, 0.1) is 5.41 Å². The largest absolute Gasteiger partial charge is 0.490 e. The van der Waals surface area contributed by atoms with Crippen molar-refractivity contribution in [3.63, 3.8) is 0 Å². The maximum atomic E-state index is 13.0. The lowest BCUT2D eigenvalue weighted by Crippen LogP contribution is -2.21. The summed E-state index contributed by atoms with van der Waals surface area (Å²) in [6.07, 6.45) is -9.60. The van der Waals surface area contributed by atoms with Gasteiger partial charge in [0.25, 0.3) is 5.91 Å². The average Bonchev–Trinajstić information content (AvgIpc) is 3.56. The molecule has 4 aromatic rings. The number of carbonyl (C=O) groups is 4. The molecule has 0 aliphatic heterocycles. The molecule has 2 heterocycles. The standard InChI is InChI=1S/C23H20N6O3S.3C2HF3O2/c1-33(31,32)23-27-12-13-29(23)18-9-7-17(8-10-18)28-22(30)19-6-3-11-26-20(19)15-4-2-5-16(14-15)21(24)25;3*3-2(4,5)1(6)7/h2-14H,1H3,(H3,24,25)(H,28,30);3*(H,6,7). The Morgan fingerprint density at radius 1 is 0.759 bits per heavy atom. The first-order chi connectivity index (χ1) is 24.6. The molecular weight excluding hydrogens is 779 g/mol. The summed E-state index contributed by atoms with van der Waals surface area (Å²) in [5.74, 6) is -8.71. The number of sulfone groups is 1. The molecule has 25 heteroatoms. The van der Waals surface area contributed by atoms with E-state index in [1.807, 2.05) is 0 Å². The molecule has 0 bridgehead atoms. The predicted molar refractivity (Wildman–Crippen MR) is 166 cm³/mol. The molecule has 1 amide bonds. The summed E-state index contributed by atoms with van der Waals surface area (Å²) < 4.78 is 120. The Morgan fingerprint density at radius 3 is 1.67 bits per heavy atom. The number of imidazole rings is 1. The molecule has 0 saturated heterocycles. The third kappa shape index (κ3) is 14.6. The summed E-state index contributed by atoms with van der Waals surface area (Å²) in [7, 11) is -3.49. The summed E-state index contributed by atoms with van der Waals surface area (Å²) in [4.78, 5) is 48.0. The van der Waals surface area contributed by atoms with E-state index in [0.29, 0.717) is 33.8 Å². The summed E-state index contributed by atoms with van der Waals surface area (Å²) in [5, 5.41) is 31.8. The highest BCUT2D eigenvalue weighted by molar-refractivity contribution is 7.90. The highest BCUT2D eigenvalue weighted by atomic mass is 32.2. The van der Waals surface area contributed by atoms with Gasteiger partial charge in [0.05, 0.1) is 11.3 Å². The molecule has 7 N–H and O–H groups in total. The number of amidine groups is 1. The number of nitrogens with two attached hydrogens (primary N) is 1. The molecule has 54 heavy (non-hydrogen) atoms. The van der Waals surface area contributed by atoms with Gasteiger partial charge in [-0.3, -0.25) is 19.8 Å². The average molecular weight is 803 g/mol. The number of amides is 1. The van der Waals surface area contributed by atoms with Crippen LogP contribution in [0.5, 0.6) is 0 Å². The summed E-state index contributed by atoms with van der Waals surface area (Å²) in [5.41, 5.74) is 8.72. The minimum absolute atomic E-state index is 0.0629. The third-order valence-electron chi connectivity index (χ3n) is 5.57. The Labute approximate surface area is 295 Å². The number of halogens is 9. The molecular formula is C29H23F9N6O9S. The summed E-state index contributed by atoms with van der Waals surface area (Å²) in [6, 6.07) is 17.0. The van der Waals surface area contributed by atoms with Crippen molar-refractivity contribution < 1.29 is 82.4 Å². The molecule has 0 radical (unpaired) electrons. The smallest absolute Gasteiger partial charge is 0.475 e. The molecule has 0 spiro atoms. The van der Waals surface area contributed by atoms with Gasteiger partial charge in [0.15, 0.2) is 0 Å². The second kappa shape index (κ2) is 18.3. The number of benzene rings is 2. The van der Waals surface area contributed by atoms with Crippen LogP contribution in [0.3, 0.4) is 0 Å². The molecule has 15 nitrogen and oxygen atoms in total. The number of hydrogen-bond donors (Lipinski definition) is 6. The molecule has 0 fully saturated rings. The number of carboxylic acids is 3. The van der Waals surface area contributed by atoms with E-state index in [0.717, 1.165) is 6.26 Å². The number of pyridine rings is 1. The van der Waals surface area contributed by atoms with E-state index in [1.54, 1.807) is 73.1 Å². The van der Waals surface area contributed by atoms with Gasteiger partial charge in [-0.15, -0.1) is 0 Å². The first-order valence-electron chi connectivity index (χ1n) is 13.5. The van der Waals surface area contributed by atoms with Crippen molar-refractivity contribution in [2.45, 2.75) is 23.7 Å². The van der Waals surface area contributed by atoms with E-state index in [4.69, 9.17) is 40.8 Å². The van der Waals surface area contributed by atoms with Crippen LogP contribution < -0.4 is 11.1 Å². The van der Waals surface area contributed by atoms with Crippen LogP contribution in [0.15, 0.2) is 84.4 Å². The normalized spacial score (nSPS) is 11.2. The molecule has 0 unspecified atom stereocenters. The van der Waals surface area contributed by atoms with Crippen LogP contribution in [-0.2, 0) is 24.2 Å². The molecule has 0 atom stereocenters. The van der Waals surface area contributed by atoms with Gasteiger partial charge in [0, 0.05) is 47.3 Å². The lowest BCUT2D eigenvalue weighted by molar-refractivity contribution is -0.193. The second-order valence-corrected chi connectivity index (χ2v) is 11.6. The number of carbonyl (C=O) groups excluding carboxylic acids is 1. The minimum Gasteiger partial charge on any atom is -0.475 e. The van der Waals surface area contributed by atoms with Crippen molar-refractivity contribution in [1.82, 2.24) is 14.5 Å². The molecule has 0 aliphatic rings. The zero-order valence-corrected chi connectivity index (χ0v) is 27.3. The highest BCUT2D eigenvalue weighted by Crippen LogP contribution is 2.24. The summed E-state index contributed by atoms with van der Waals surface area (Å²) in [6.45, 7) is 0. The number of nitrogens with zero attached hydrogens (tertiary/aromatic N) is 3. The van der Waals surface area contributed by atoms with E-state index in [9.17, 15) is 52.7 Å². The Hall–Kier alpha value is -6.53. The van der Waals surface area contributed by atoms with Gasteiger partial charge in [-0.2, -0.15) is 39.5 Å². The topological polar surface area (TPSA) is 256 Å². The molecule has 292 valence electrons. The second-order valence-electron chi connectivity index (χ2n) is 9.66. The van der Waals surface area contributed by atoms with Gasteiger partial charge >= 0.3 is 36.4 Å². The van der Waals surface area contributed by atoms with Gasteiger partial charge in [0.2, 0.25) is 15.0 Å². The lowest BCUT2D eigenvalue weighted by Gasteiger charge is -2.11. The Bertz CT molecular complexity index is 2030. The van der Waals surface area contributed by atoms with Gasteiger partial charge in [-0.05, 0) is 42.5 Å². The van der Waals surface area contributed by atoms with Crippen molar-refractivity contribution in [2.24, 2.45) is 5.73 Å². The van der Waals surface area contributed by atoms with Crippen molar-refractivity contribution in [1.29, 1.82) is 5.41 Å². The maximum Gasteiger partial charge on any atom is 0.490 e. The van der Waals surface area contributed by atoms with Gasteiger partial charge in [-0.25, -0.2) is 27.8 Å². The van der Waals surface area contributed by atoms with Crippen LogP contribution in [0.1, 0.15) is 15.9 Å². The fraction of sp³-hybridized carbons (Fsp3) is 0.138. The molecule has 4 rings (SSSR count). The minimum atomic E-state index is -5.08. The van der Waals surface area contributed by atoms with Crippen molar-refractivity contribution in [3.05, 3.63) is 90.4 Å². The highest BCUT2D eigenvalue weighted by Gasteiger charge is 2.39. The zero-order valence-electron chi connectivity index (χ0n) is 26.5. The molecule has 2 aromatic heterocycles. The first kappa shape index (κ1) is 45.5. The number of nitrogen functional groups attached to an aromatic ring is 1. The number of anilines is 1. The van der Waals surface area contributed by atoms with E-state index in [-0.39, 0.29) is 16.9 Å². The fourth-order valence-electron chi connectivity index (χ4n) is 3.32. The maximum absolute atomic E-state index is 13.0. The first-order valence-corrected chi connectivity index (χ1v) is 15.4. The van der Waals surface area contributed by atoms with Crippen molar-refractivity contribution >= 4 is 45.2 Å². The number of rotatable bonds is 6. The van der Waals surface area contributed by atoms with Crippen LogP contribution in [0.25, 0.3) is 16.9 Å². The number of hydrogen-bond acceptors (Lipinski definition) is 9. The number of aliphatic carboxylic acids is 3. The Morgan fingerprint density at radius 2 is 1.24 bits per heavy atom. The van der Waals surface area contributed by atoms with Gasteiger partial charge in [0.1, 0.15) is 5.84 Å². The van der Waals surface area contributed by atoms with Crippen LogP contribution in [0.4, 0.5) is 45.2 Å². The molecule has 0 aliphatic carbocycles. The zero-order chi connectivity index (χ0) is 41.8. The fourth-order valence-corrected chi connectivity index (χ4v) is 4.09. The van der Waals surface area contributed by atoms with Gasteiger partial charge in [-0.1, -0.05) is 18.2 Å². The van der Waals surface area contributed by atoms with Gasteiger partial charge < -0.3 is 26.4 Å².